The van der Waals surface area contributed by atoms with E-state index in [9.17, 15) is 19.2 Å². The Morgan fingerprint density at radius 1 is 0.714 bits per heavy atom. The number of nitrogens with one attached hydrogen (secondary N) is 2. The van der Waals surface area contributed by atoms with E-state index in [2.05, 4.69) is 20.1 Å². The molecule has 0 radical (unpaired) electrons. The Morgan fingerprint density at radius 2 is 1.10 bits per heavy atom. The molecular weight excluding hydrogens is 623 g/mol. The van der Waals surface area contributed by atoms with E-state index in [1.165, 1.54) is 13.8 Å². The Hall–Kier alpha value is -1.93. The van der Waals surface area contributed by atoms with Crippen molar-refractivity contribution in [3.8, 4) is 0 Å². The van der Waals surface area contributed by atoms with E-state index in [1.807, 2.05) is 13.8 Å². The van der Waals surface area contributed by atoms with Gasteiger partial charge in [-0.25, -0.2) is 19.2 Å². The predicted octanol–water partition coefficient (Wildman–Crippen LogP) is 6.52. The van der Waals surface area contributed by atoms with Crippen LogP contribution in [0.5, 0.6) is 0 Å². The molecule has 0 aromatic rings. The largest absolute Gasteiger partial charge is 0.510 e. The average Bonchev–Trinajstić information content (AvgIpc) is 2.74. The summed E-state index contributed by atoms with van der Waals surface area (Å²) in [5.74, 6) is 0. The van der Waals surface area contributed by atoms with Crippen molar-refractivity contribution in [3.05, 3.63) is 0 Å². The number of alkyl carbamates (subject to hydrolysis) is 2. The zero-order valence-corrected chi connectivity index (χ0v) is 29.1. The van der Waals surface area contributed by atoms with Crippen LogP contribution in [0.2, 0.25) is 0 Å². The van der Waals surface area contributed by atoms with Crippen molar-refractivity contribution in [2.75, 3.05) is 26.3 Å². The van der Waals surface area contributed by atoms with Crippen molar-refractivity contribution >= 4 is 58.6 Å². The van der Waals surface area contributed by atoms with E-state index in [1.54, 1.807) is 55.4 Å². The van der Waals surface area contributed by atoms with Crippen LogP contribution < -0.4 is 10.6 Å². The molecule has 0 aromatic heterocycles. The van der Waals surface area contributed by atoms with Crippen LogP contribution in [0.3, 0.4) is 0 Å². The minimum absolute atomic E-state index is 0.126. The van der Waals surface area contributed by atoms with Crippen LogP contribution in [0.1, 0.15) is 83.1 Å². The van der Waals surface area contributed by atoms with Crippen molar-refractivity contribution in [1.82, 2.24) is 10.6 Å². The third-order valence-corrected chi connectivity index (χ3v) is 3.36. The first-order valence-electron chi connectivity index (χ1n) is 13.2. The minimum Gasteiger partial charge on any atom is -0.444 e. The zero-order chi connectivity index (χ0) is 34.1. The lowest BCUT2D eigenvalue weighted by Gasteiger charge is -2.20. The SMILES string of the molecule is CC(Cl)OC(=O)Cl.CC(Cl)OC(=O)OC(C)CNC(=O)OC(C)(C)C.CC(O)CNC(=O)OC(C)(C)C.CCOCC. The molecule has 0 aliphatic rings. The van der Waals surface area contributed by atoms with Gasteiger partial charge in [0.05, 0.1) is 12.6 Å². The van der Waals surface area contributed by atoms with Crippen LogP contribution in [0.25, 0.3) is 0 Å². The number of halogens is 3. The molecule has 42 heavy (non-hydrogen) atoms. The fourth-order valence-corrected chi connectivity index (χ4v) is 2.12. The van der Waals surface area contributed by atoms with Gasteiger partial charge in [0.1, 0.15) is 17.3 Å². The smallest absolute Gasteiger partial charge is 0.444 e. The summed E-state index contributed by atoms with van der Waals surface area (Å²) >= 11 is 15.3. The number of amides is 2. The molecule has 13 nitrogen and oxygen atoms in total. The molecular formula is C26H51Cl3N2O11. The summed E-state index contributed by atoms with van der Waals surface area (Å²) < 4.78 is 28.3. The summed E-state index contributed by atoms with van der Waals surface area (Å²) in [7, 11) is 0. The van der Waals surface area contributed by atoms with Gasteiger partial charge >= 0.3 is 23.8 Å². The first kappa shape index (κ1) is 47.0. The molecule has 3 N–H and O–H groups in total. The molecule has 2 amide bonds. The number of aliphatic hydroxyl groups is 1. The van der Waals surface area contributed by atoms with Crippen LogP contribution in [0.4, 0.5) is 19.2 Å². The molecule has 0 bridgehead atoms. The van der Waals surface area contributed by atoms with E-state index < -0.39 is 58.3 Å². The quantitative estimate of drug-likeness (QED) is 0.105. The number of hydrogen-bond donors (Lipinski definition) is 3. The number of carbonyl (C=O) groups excluding carboxylic acids is 4. The fourth-order valence-electron chi connectivity index (χ4n) is 1.78. The lowest BCUT2D eigenvalue weighted by Crippen LogP contribution is -2.37. The summed E-state index contributed by atoms with van der Waals surface area (Å²) in [5, 5.41) is 13.7. The molecule has 0 rings (SSSR count). The number of aliphatic hydroxyl groups excluding tert-OH is 1. The Balaban J connectivity index is -0.000000257. The minimum atomic E-state index is -0.879. The molecule has 0 aliphatic heterocycles. The predicted molar refractivity (Wildman–Crippen MR) is 162 cm³/mol. The highest BCUT2D eigenvalue weighted by atomic mass is 35.5. The van der Waals surface area contributed by atoms with Gasteiger partial charge in [-0.05, 0) is 83.1 Å². The highest BCUT2D eigenvalue weighted by molar-refractivity contribution is 6.61. The van der Waals surface area contributed by atoms with Gasteiger partial charge in [0.25, 0.3) is 0 Å². The average molecular weight is 674 g/mol. The van der Waals surface area contributed by atoms with Gasteiger partial charge < -0.3 is 44.2 Å². The Labute approximate surface area is 265 Å². The van der Waals surface area contributed by atoms with Crippen LogP contribution >= 0.6 is 34.8 Å². The number of carbonyl (C=O) groups is 4. The molecule has 0 spiro atoms. The van der Waals surface area contributed by atoms with Gasteiger partial charge in [-0.2, -0.15) is 0 Å². The van der Waals surface area contributed by atoms with Gasteiger partial charge in [0.15, 0.2) is 11.1 Å². The lowest BCUT2D eigenvalue weighted by molar-refractivity contribution is 0.0200. The van der Waals surface area contributed by atoms with Gasteiger partial charge in [0, 0.05) is 31.4 Å². The number of rotatable bonds is 9. The van der Waals surface area contributed by atoms with Crippen molar-refractivity contribution in [1.29, 1.82) is 0 Å². The van der Waals surface area contributed by atoms with Crippen LogP contribution in [-0.2, 0) is 28.4 Å². The van der Waals surface area contributed by atoms with Crippen molar-refractivity contribution in [3.63, 3.8) is 0 Å². The van der Waals surface area contributed by atoms with Gasteiger partial charge in [-0.1, -0.05) is 23.2 Å². The standard InChI is InChI=1S/C11H20ClNO5.C8H17NO3.C4H10O.C3H4Cl2O2/c1-7(16-10(15)17-8(2)12)6-13-9(14)18-11(3,4)5;1-6(10)5-9-7(11)12-8(2,3)4;1-3-5-4-2;1-2(4)7-3(5)6/h7-8H,6H2,1-5H3,(H,13,14);6,10H,5H2,1-4H3,(H,9,11);3-4H2,1-2H3;2H,1H3. The number of ether oxygens (including phenoxy) is 6. The third kappa shape index (κ3) is 50.9. The topological polar surface area (TPSA) is 168 Å². The van der Waals surface area contributed by atoms with E-state index in [4.69, 9.17) is 58.9 Å². The maximum absolute atomic E-state index is 11.3. The summed E-state index contributed by atoms with van der Waals surface area (Å²) in [6.07, 6.45) is -3.03. The first-order valence-corrected chi connectivity index (χ1v) is 14.4. The molecule has 0 heterocycles. The fraction of sp³-hybridized carbons (Fsp3) is 0.846. The summed E-state index contributed by atoms with van der Waals surface area (Å²) in [6, 6.07) is 0. The van der Waals surface area contributed by atoms with E-state index in [0.29, 0.717) is 0 Å². The molecule has 0 saturated heterocycles. The first-order chi connectivity index (χ1) is 18.9. The van der Waals surface area contributed by atoms with Gasteiger partial charge in [-0.15, -0.1) is 0 Å². The Morgan fingerprint density at radius 3 is 1.33 bits per heavy atom. The summed E-state index contributed by atoms with van der Waals surface area (Å²) in [4.78, 5) is 43.0. The zero-order valence-electron chi connectivity index (χ0n) is 26.8. The third-order valence-electron chi connectivity index (χ3n) is 3.09. The molecule has 16 heteroatoms. The number of alkyl halides is 2. The van der Waals surface area contributed by atoms with Gasteiger partial charge in [-0.3, -0.25) is 0 Å². The molecule has 0 saturated carbocycles. The molecule has 0 fully saturated rings. The summed E-state index contributed by atoms with van der Waals surface area (Å²) in [6.45, 7) is 22.8. The van der Waals surface area contributed by atoms with Crippen molar-refractivity contribution in [2.45, 2.75) is 118 Å². The second-order valence-corrected chi connectivity index (χ2v) is 11.7. The highest BCUT2D eigenvalue weighted by Crippen LogP contribution is 2.07. The monoisotopic (exact) mass is 672 g/mol. The van der Waals surface area contributed by atoms with E-state index in [0.717, 1.165) is 13.2 Å². The second-order valence-electron chi connectivity index (χ2n) is 10.1. The van der Waals surface area contributed by atoms with Crippen LogP contribution in [0, 0.1) is 0 Å². The molecule has 4 unspecified atom stereocenters. The Bertz CT molecular complexity index is 725. The summed E-state index contributed by atoms with van der Waals surface area (Å²) in [5.41, 5.74) is -3.32. The second kappa shape index (κ2) is 26.7. The highest BCUT2D eigenvalue weighted by Gasteiger charge is 2.18. The van der Waals surface area contributed by atoms with Crippen LogP contribution in [0.15, 0.2) is 0 Å². The Kier molecular flexibility index (Phi) is 29.9. The van der Waals surface area contributed by atoms with E-state index >= 15 is 0 Å². The molecule has 0 aromatic carbocycles. The maximum atomic E-state index is 11.3. The maximum Gasteiger partial charge on any atom is 0.510 e. The van der Waals surface area contributed by atoms with Crippen molar-refractivity contribution < 1.29 is 52.7 Å². The molecule has 4 atom stereocenters. The number of hydrogen-bond acceptors (Lipinski definition) is 11. The van der Waals surface area contributed by atoms with E-state index in [-0.39, 0.29) is 13.1 Å². The van der Waals surface area contributed by atoms with Crippen LogP contribution in [-0.4, -0.2) is 89.7 Å². The molecule has 252 valence electrons. The van der Waals surface area contributed by atoms with Crippen molar-refractivity contribution in [2.24, 2.45) is 0 Å². The van der Waals surface area contributed by atoms with Gasteiger partial charge in [0.2, 0.25) is 0 Å². The lowest BCUT2D eigenvalue weighted by atomic mass is 10.2. The molecule has 0 aliphatic carbocycles. The normalized spacial score (nSPS) is 13.2.